The van der Waals surface area contributed by atoms with E-state index in [4.69, 9.17) is 0 Å². The first kappa shape index (κ1) is 25.2. The van der Waals surface area contributed by atoms with E-state index in [-0.39, 0.29) is 12.5 Å². The molecule has 1 aromatic heterocycles. The SMILES string of the molecule is CC(C)c1cc(C/C([O-])=N/S(=O)(=O)N(c2cnn(C)c2)C2CCCN(C)C2)cc(C(C)C)c1. The standard InChI is InChI=1S/C24H37N5O3S/c1-17(2)20-10-19(11-21(13-20)18(3)4)12-24(30)26-33(31,32)29(23-14-25-28(6)16-23)22-8-7-9-27(5)15-22/h10-11,13-14,16-18,22H,7-9,12,15H2,1-6H3,(H,26,30)/p-1. The Labute approximate surface area is 198 Å². The van der Waals surface area contributed by atoms with Gasteiger partial charge in [0.1, 0.15) is 0 Å². The Hall–Kier alpha value is -2.39. The van der Waals surface area contributed by atoms with E-state index in [0.29, 0.717) is 30.5 Å². The van der Waals surface area contributed by atoms with Crippen LogP contribution in [0, 0.1) is 0 Å². The topological polar surface area (TPSA) is 93.9 Å². The lowest BCUT2D eigenvalue weighted by Crippen LogP contribution is -2.49. The van der Waals surface area contributed by atoms with Crippen LogP contribution in [-0.4, -0.2) is 55.2 Å². The maximum absolute atomic E-state index is 13.4. The number of likely N-dealkylation sites (N-methyl/N-ethyl adjacent to an activating group) is 1. The number of likely N-dealkylation sites (tertiary alicyclic amines) is 1. The smallest absolute Gasteiger partial charge is 0.344 e. The van der Waals surface area contributed by atoms with E-state index < -0.39 is 16.1 Å². The third kappa shape index (κ3) is 6.35. The lowest BCUT2D eigenvalue weighted by Gasteiger charge is -2.36. The average molecular weight is 475 g/mol. The van der Waals surface area contributed by atoms with Crippen LogP contribution in [0.3, 0.4) is 0 Å². The predicted octanol–water partition coefficient (Wildman–Crippen LogP) is 2.81. The highest BCUT2D eigenvalue weighted by atomic mass is 32.2. The van der Waals surface area contributed by atoms with Crippen molar-refractivity contribution in [3.63, 3.8) is 0 Å². The lowest BCUT2D eigenvalue weighted by atomic mass is 9.92. The molecular weight excluding hydrogens is 438 g/mol. The third-order valence-corrected chi connectivity index (χ3v) is 7.51. The van der Waals surface area contributed by atoms with E-state index in [1.165, 1.54) is 10.5 Å². The number of aryl methyl sites for hydroxylation is 1. The minimum atomic E-state index is -4.23. The number of nitrogens with zero attached hydrogens (tertiary/aromatic N) is 5. The summed E-state index contributed by atoms with van der Waals surface area (Å²) in [4.78, 5) is 2.10. The molecule has 1 aliphatic heterocycles. The number of anilines is 1. The largest absolute Gasteiger partial charge is 0.861 e. The van der Waals surface area contributed by atoms with Gasteiger partial charge in [0.15, 0.2) is 0 Å². The first-order chi connectivity index (χ1) is 15.5. The summed E-state index contributed by atoms with van der Waals surface area (Å²) in [5.41, 5.74) is 3.49. The van der Waals surface area contributed by atoms with E-state index in [1.54, 1.807) is 17.9 Å². The first-order valence-corrected chi connectivity index (χ1v) is 13.0. The van der Waals surface area contributed by atoms with Crippen molar-refractivity contribution in [2.45, 2.75) is 64.8 Å². The van der Waals surface area contributed by atoms with E-state index in [1.807, 2.05) is 19.2 Å². The highest BCUT2D eigenvalue weighted by Crippen LogP contribution is 2.27. The summed E-state index contributed by atoms with van der Waals surface area (Å²) in [5, 5.41) is 17.0. The molecule has 1 aliphatic rings. The molecule has 0 bridgehead atoms. The molecule has 2 heterocycles. The van der Waals surface area contributed by atoms with Crippen molar-refractivity contribution in [3.8, 4) is 0 Å². The number of benzene rings is 1. The van der Waals surface area contributed by atoms with Gasteiger partial charge in [-0.15, -0.1) is 0 Å². The van der Waals surface area contributed by atoms with Crippen LogP contribution in [0.5, 0.6) is 0 Å². The van der Waals surface area contributed by atoms with Crippen LogP contribution in [0.2, 0.25) is 0 Å². The highest BCUT2D eigenvalue weighted by molar-refractivity contribution is 7.91. The fraction of sp³-hybridized carbons (Fsp3) is 0.583. The van der Waals surface area contributed by atoms with E-state index in [9.17, 15) is 13.5 Å². The molecule has 3 rings (SSSR count). The number of piperidine rings is 1. The molecule has 0 aliphatic carbocycles. The fourth-order valence-electron chi connectivity index (χ4n) is 4.28. The maximum atomic E-state index is 13.4. The molecule has 33 heavy (non-hydrogen) atoms. The van der Waals surface area contributed by atoms with Crippen LogP contribution >= 0.6 is 0 Å². The second-order valence-corrected chi connectivity index (χ2v) is 11.2. The number of aromatic nitrogens is 2. The summed E-state index contributed by atoms with van der Waals surface area (Å²) >= 11 is 0. The Kier molecular flexibility index (Phi) is 7.84. The van der Waals surface area contributed by atoms with Gasteiger partial charge >= 0.3 is 10.2 Å². The van der Waals surface area contributed by atoms with Crippen molar-refractivity contribution in [3.05, 3.63) is 47.3 Å². The van der Waals surface area contributed by atoms with Gasteiger partial charge in [0.25, 0.3) is 0 Å². The fourth-order valence-corrected chi connectivity index (χ4v) is 5.60. The summed E-state index contributed by atoms with van der Waals surface area (Å²) < 4.78 is 33.3. The monoisotopic (exact) mass is 474 g/mol. The van der Waals surface area contributed by atoms with Crippen LogP contribution in [-0.2, 0) is 23.7 Å². The summed E-state index contributed by atoms with van der Waals surface area (Å²) in [6, 6.07) is 5.81. The van der Waals surface area contributed by atoms with Gasteiger partial charge in [0.05, 0.1) is 17.9 Å². The Balaban J connectivity index is 1.93. The van der Waals surface area contributed by atoms with Gasteiger partial charge in [-0.25, -0.2) is 4.31 Å². The second-order valence-electron chi connectivity index (χ2n) is 9.68. The van der Waals surface area contributed by atoms with Crippen molar-refractivity contribution in [1.82, 2.24) is 14.7 Å². The molecule has 1 aromatic carbocycles. The van der Waals surface area contributed by atoms with Crippen molar-refractivity contribution < 1.29 is 13.5 Å². The molecule has 1 fully saturated rings. The number of hydrogen-bond acceptors (Lipinski definition) is 5. The maximum Gasteiger partial charge on any atom is 0.344 e. The molecular formula is C24H36N5O3S-. The normalized spacial score (nSPS) is 18.3. The minimum Gasteiger partial charge on any atom is -0.861 e. The van der Waals surface area contributed by atoms with Crippen molar-refractivity contribution in [2.24, 2.45) is 11.4 Å². The third-order valence-electron chi connectivity index (χ3n) is 6.07. The van der Waals surface area contributed by atoms with Crippen molar-refractivity contribution >= 4 is 21.8 Å². The molecule has 0 radical (unpaired) electrons. The van der Waals surface area contributed by atoms with Crippen molar-refractivity contribution in [1.29, 1.82) is 0 Å². The second kappa shape index (κ2) is 10.3. The number of hydrogen-bond donors (Lipinski definition) is 0. The Morgan fingerprint density at radius 3 is 2.33 bits per heavy atom. The van der Waals surface area contributed by atoms with Crippen LogP contribution in [0.25, 0.3) is 0 Å². The Morgan fingerprint density at radius 1 is 1.18 bits per heavy atom. The quantitative estimate of drug-likeness (QED) is 0.433. The summed E-state index contributed by atoms with van der Waals surface area (Å²) in [6.45, 7) is 9.91. The molecule has 0 spiro atoms. The molecule has 8 nitrogen and oxygen atoms in total. The Bertz CT molecular complexity index is 1070. The lowest BCUT2D eigenvalue weighted by molar-refractivity contribution is -0.217. The minimum absolute atomic E-state index is 0.0506. The van der Waals surface area contributed by atoms with E-state index in [0.717, 1.165) is 29.7 Å². The zero-order valence-corrected chi connectivity index (χ0v) is 21.3. The van der Waals surface area contributed by atoms with Gasteiger partial charge in [-0.05, 0) is 60.9 Å². The molecule has 0 saturated carbocycles. The van der Waals surface area contributed by atoms with Crippen LogP contribution in [0.4, 0.5) is 5.69 Å². The van der Waals surface area contributed by atoms with Crippen LogP contribution in [0.1, 0.15) is 69.1 Å². The van der Waals surface area contributed by atoms with Gasteiger partial charge in [0, 0.05) is 26.2 Å². The highest BCUT2D eigenvalue weighted by Gasteiger charge is 2.33. The Morgan fingerprint density at radius 2 is 1.82 bits per heavy atom. The summed E-state index contributed by atoms with van der Waals surface area (Å²) in [6.07, 6.45) is 4.68. The molecule has 2 aromatic rings. The van der Waals surface area contributed by atoms with Crippen molar-refractivity contribution in [2.75, 3.05) is 24.4 Å². The van der Waals surface area contributed by atoms with Crippen LogP contribution in [0.15, 0.2) is 35.0 Å². The summed E-state index contributed by atoms with van der Waals surface area (Å²) in [7, 11) is -0.526. The van der Waals surface area contributed by atoms with Gasteiger partial charge in [-0.1, -0.05) is 45.9 Å². The average Bonchev–Trinajstić information content (AvgIpc) is 3.12. The first-order valence-electron chi connectivity index (χ1n) is 11.6. The molecule has 182 valence electrons. The number of rotatable bonds is 8. The van der Waals surface area contributed by atoms with Gasteiger partial charge < -0.3 is 10.0 Å². The van der Waals surface area contributed by atoms with Gasteiger partial charge in [-0.3, -0.25) is 4.68 Å². The van der Waals surface area contributed by atoms with E-state index >= 15 is 0 Å². The zero-order chi connectivity index (χ0) is 24.3. The molecule has 0 N–H and O–H groups in total. The predicted molar refractivity (Wildman–Crippen MR) is 131 cm³/mol. The van der Waals surface area contributed by atoms with E-state index in [2.05, 4.69) is 48.2 Å². The van der Waals surface area contributed by atoms with Gasteiger partial charge in [0.2, 0.25) is 0 Å². The molecule has 1 saturated heterocycles. The van der Waals surface area contributed by atoms with Crippen LogP contribution < -0.4 is 9.41 Å². The molecule has 1 atom stereocenters. The molecule has 0 amide bonds. The zero-order valence-electron chi connectivity index (χ0n) is 20.5. The molecule has 9 heteroatoms. The summed E-state index contributed by atoms with van der Waals surface area (Å²) in [5.74, 6) is -0.0474. The van der Waals surface area contributed by atoms with Gasteiger partial charge in [-0.2, -0.15) is 17.9 Å². The molecule has 1 unspecified atom stereocenters.